The predicted octanol–water partition coefficient (Wildman–Crippen LogP) is 2.27. The van der Waals surface area contributed by atoms with Gasteiger partial charge >= 0.3 is 0 Å². The van der Waals surface area contributed by atoms with Crippen LogP contribution in [0.4, 0.5) is 0 Å². The molecule has 2 rings (SSSR count). The lowest BCUT2D eigenvalue weighted by atomic mass is 10.1. The second-order valence-electron chi connectivity index (χ2n) is 2.95. The fourth-order valence-electron chi connectivity index (χ4n) is 1.32. The van der Waals surface area contributed by atoms with Crippen molar-refractivity contribution in [3.05, 3.63) is 29.6 Å². The second kappa shape index (κ2) is 2.08. The summed E-state index contributed by atoms with van der Waals surface area (Å²) in [6, 6.07) is 4.22. The molecule has 1 aliphatic rings. The molecule has 1 aromatic heterocycles. The first-order chi connectivity index (χ1) is 4.88. The monoisotopic (exact) mass is 133 g/mol. The zero-order valence-electron chi connectivity index (χ0n) is 6.17. The van der Waals surface area contributed by atoms with Crippen LogP contribution in [0.2, 0.25) is 0 Å². The summed E-state index contributed by atoms with van der Waals surface area (Å²) >= 11 is 0. The maximum Gasteiger partial charge on any atom is 0.0407 e. The van der Waals surface area contributed by atoms with Gasteiger partial charge in [0.15, 0.2) is 0 Å². The van der Waals surface area contributed by atoms with Crippen LogP contribution in [0.3, 0.4) is 0 Å². The molecule has 0 unspecified atom stereocenters. The van der Waals surface area contributed by atoms with E-state index in [9.17, 15) is 0 Å². The van der Waals surface area contributed by atoms with Gasteiger partial charge in [-0.05, 0) is 37.3 Å². The summed E-state index contributed by atoms with van der Waals surface area (Å²) in [5.41, 5.74) is 2.67. The normalized spacial score (nSPS) is 17.3. The van der Waals surface area contributed by atoms with Gasteiger partial charge in [-0.3, -0.25) is 4.98 Å². The van der Waals surface area contributed by atoms with Crippen LogP contribution in [-0.2, 0) is 0 Å². The van der Waals surface area contributed by atoms with Gasteiger partial charge in [0.1, 0.15) is 0 Å². The van der Waals surface area contributed by atoms with E-state index in [2.05, 4.69) is 18.0 Å². The van der Waals surface area contributed by atoms with Gasteiger partial charge in [0.2, 0.25) is 0 Å². The molecule has 0 atom stereocenters. The Balaban J connectivity index is 2.39. The molecule has 1 aliphatic carbocycles. The summed E-state index contributed by atoms with van der Waals surface area (Å²) < 4.78 is 0. The van der Waals surface area contributed by atoms with Crippen molar-refractivity contribution in [2.24, 2.45) is 0 Å². The van der Waals surface area contributed by atoms with Gasteiger partial charge in [-0.1, -0.05) is 6.07 Å². The van der Waals surface area contributed by atoms with Crippen molar-refractivity contribution in [2.45, 2.75) is 25.7 Å². The lowest BCUT2D eigenvalue weighted by Gasteiger charge is -1.99. The molecule has 0 N–H and O–H groups in total. The first-order valence-electron chi connectivity index (χ1n) is 3.79. The largest absolute Gasteiger partial charge is 0.261 e. The van der Waals surface area contributed by atoms with Crippen LogP contribution < -0.4 is 0 Å². The molecule has 1 aromatic rings. The fourth-order valence-corrected chi connectivity index (χ4v) is 1.32. The third kappa shape index (κ3) is 0.919. The lowest BCUT2D eigenvalue weighted by Crippen LogP contribution is -1.87. The third-order valence-corrected chi connectivity index (χ3v) is 2.06. The SMILES string of the molecule is Cc1ncccc1C1CC1. The Bertz CT molecular complexity index is 238. The molecule has 0 aliphatic heterocycles. The maximum absolute atomic E-state index is 4.24. The van der Waals surface area contributed by atoms with Crippen molar-refractivity contribution < 1.29 is 0 Å². The number of hydrogen-bond acceptors (Lipinski definition) is 1. The van der Waals surface area contributed by atoms with E-state index < -0.39 is 0 Å². The number of rotatable bonds is 1. The van der Waals surface area contributed by atoms with Crippen molar-refractivity contribution in [2.75, 3.05) is 0 Å². The van der Waals surface area contributed by atoms with Crippen molar-refractivity contribution in [1.82, 2.24) is 4.98 Å². The minimum Gasteiger partial charge on any atom is -0.261 e. The molecule has 1 heterocycles. The number of hydrogen-bond donors (Lipinski definition) is 0. The van der Waals surface area contributed by atoms with Crippen molar-refractivity contribution in [1.29, 1.82) is 0 Å². The summed E-state index contributed by atoms with van der Waals surface area (Å²) in [4.78, 5) is 4.24. The van der Waals surface area contributed by atoms with E-state index in [0.29, 0.717) is 0 Å². The summed E-state index contributed by atoms with van der Waals surface area (Å²) in [6.45, 7) is 2.09. The molecule has 0 spiro atoms. The zero-order valence-corrected chi connectivity index (χ0v) is 6.17. The van der Waals surface area contributed by atoms with E-state index in [0.717, 1.165) is 5.92 Å². The van der Waals surface area contributed by atoms with E-state index in [1.54, 1.807) is 0 Å². The fraction of sp³-hybridized carbons (Fsp3) is 0.444. The van der Waals surface area contributed by atoms with Crippen LogP contribution in [0.1, 0.15) is 30.0 Å². The lowest BCUT2D eigenvalue weighted by molar-refractivity contribution is 1.04. The van der Waals surface area contributed by atoms with Crippen LogP contribution in [0.5, 0.6) is 0 Å². The minimum absolute atomic E-state index is 0.841. The molecular weight excluding hydrogens is 122 g/mol. The van der Waals surface area contributed by atoms with Gasteiger partial charge in [0, 0.05) is 11.9 Å². The van der Waals surface area contributed by atoms with Crippen molar-refractivity contribution in [3.8, 4) is 0 Å². The van der Waals surface area contributed by atoms with Crippen LogP contribution in [0, 0.1) is 6.92 Å². The van der Waals surface area contributed by atoms with E-state index >= 15 is 0 Å². The average Bonchev–Trinajstić information content (AvgIpc) is 2.71. The number of nitrogens with zero attached hydrogens (tertiary/aromatic N) is 1. The van der Waals surface area contributed by atoms with Crippen LogP contribution in [0.25, 0.3) is 0 Å². The van der Waals surface area contributed by atoms with E-state index in [4.69, 9.17) is 0 Å². The standard InChI is InChI=1S/C9H11N/c1-7-9(8-4-5-8)3-2-6-10-7/h2-3,6,8H,4-5H2,1H3. The highest BCUT2D eigenvalue weighted by atomic mass is 14.7. The third-order valence-electron chi connectivity index (χ3n) is 2.06. The van der Waals surface area contributed by atoms with Crippen molar-refractivity contribution >= 4 is 0 Å². The van der Waals surface area contributed by atoms with Crippen LogP contribution in [-0.4, -0.2) is 4.98 Å². The number of aromatic nitrogens is 1. The van der Waals surface area contributed by atoms with Crippen LogP contribution in [0.15, 0.2) is 18.3 Å². The first-order valence-corrected chi connectivity index (χ1v) is 3.79. The minimum atomic E-state index is 0.841. The smallest absolute Gasteiger partial charge is 0.0407 e. The van der Waals surface area contributed by atoms with E-state index in [1.807, 2.05) is 12.3 Å². The summed E-state index contributed by atoms with van der Waals surface area (Å²) in [7, 11) is 0. The molecular formula is C9H11N. The predicted molar refractivity (Wildman–Crippen MR) is 40.9 cm³/mol. The average molecular weight is 133 g/mol. The molecule has 0 aromatic carbocycles. The molecule has 1 heteroatoms. The Hall–Kier alpha value is -0.850. The Kier molecular flexibility index (Phi) is 1.23. The Morgan fingerprint density at radius 2 is 2.30 bits per heavy atom. The van der Waals surface area contributed by atoms with Crippen LogP contribution >= 0.6 is 0 Å². The van der Waals surface area contributed by atoms with Gasteiger partial charge in [-0.2, -0.15) is 0 Å². The summed E-state index contributed by atoms with van der Waals surface area (Å²) in [5.74, 6) is 0.841. The van der Waals surface area contributed by atoms with Gasteiger partial charge in [0.25, 0.3) is 0 Å². The number of aryl methyl sites for hydroxylation is 1. The quantitative estimate of drug-likeness (QED) is 0.572. The molecule has 10 heavy (non-hydrogen) atoms. The Morgan fingerprint density at radius 3 is 2.90 bits per heavy atom. The maximum atomic E-state index is 4.24. The molecule has 0 saturated heterocycles. The Morgan fingerprint density at radius 1 is 1.50 bits per heavy atom. The first kappa shape index (κ1) is 5.90. The molecule has 0 bridgehead atoms. The summed E-state index contributed by atoms with van der Waals surface area (Å²) in [6.07, 6.45) is 4.60. The molecule has 0 radical (unpaired) electrons. The highest BCUT2D eigenvalue weighted by Crippen LogP contribution is 2.40. The van der Waals surface area contributed by atoms with Gasteiger partial charge in [-0.15, -0.1) is 0 Å². The van der Waals surface area contributed by atoms with E-state index in [-0.39, 0.29) is 0 Å². The Labute approximate surface area is 61.1 Å². The van der Waals surface area contributed by atoms with E-state index in [1.165, 1.54) is 24.1 Å². The molecule has 0 amide bonds. The highest BCUT2D eigenvalue weighted by molar-refractivity contribution is 5.26. The molecule has 1 fully saturated rings. The highest BCUT2D eigenvalue weighted by Gasteiger charge is 2.24. The molecule has 1 nitrogen and oxygen atoms in total. The molecule has 52 valence electrons. The zero-order chi connectivity index (χ0) is 6.97. The van der Waals surface area contributed by atoms with Gasteiger partial charge < -0.3 is 0 Å². The second-order valence-corrected chi connectivity index (χ2v) is 2.95. The summed E-state index contributed by atoms with van der Waals surface area (Å²) in [5, 5.41) is 0. The number of pyridine rings is 1. The van der Waals surface area contributed by atoms with Gasteiger partial charge in [-0.25, -0.2) is 0 Å². The van der Waals surface area contributed by atoms with Gasteiger partial charge in [0.05, 0.1) is 0 Å². The molecule has 1 saturated carbocycles. The van der Waals surface area contributed by atoms with Crippen molar-refractivity contribution in [3.63, 3.8) is 0 Å². The topological polar surface area (TPSA) is 12.9 Å².